The van der Waals surface area contributed by atoms with Crippen LogP contribution in [0, 0.1) is 12.7 Å². The fourth-order valence-electron chi connectivity index (χ4n) is 1.66. The highest BCUT2D eigenvalue weighted by Gasteiger charge is 2.07. The van der Waals surface area contributed by atoms with Crippen LogP contribution in [-0.4, -0.2) is 10.9 Å². The summed E-state index contributed by atoms with van der Waals surface area (Å²) < 4.78 is 13.4. The first-order chi connectivity index (χ1) is 9.47. The summed E-state index contributed by atoms with van der Waals surface area (Å²) in [5, 5.41) is 2.63. The van der Waals surface area contributed by atoms with E-state index in [0.717, 1.165) is 0 Å². The van der Waals surface area contributed by atoms with E-state index in [9.17, 15) is 9.18 Å². The molecule has 0 radical (unpaired) electrons. The molecule has 0 spiro atoms. The Labute approximate surface area is 121 Å². The minimum Gasteiger partial charge on any atom is -0.389 e. The minimum absolute atomic E-state index is 0.276. The van der Waals surface area contributed by atoms with E-state index in [1.54, 1.807) is 43.3 Å². The largest absolute Gasteiger partial charge is 0.389 e. The summed E-state index contributed by atoms with van der Waals surface area (Å²) in [6, 6.07) is 11.1. The number of halogens is 1. The minimum atomic E-state index is -0.355. The molecule has 2 aromatic rings. The fraction of sp³-hybridized carbons (Fsp3) is 0.0667. The topological polar surface area (TPSA) is 55.1 Å². The van der Waals surface area contributed by atoms with Gasteiger partial charge in [0, 0.05) is 16.8 Å². The quantitative estimate of drug-likeness (QED) is 0.854. The Bertz CT molecular complexity index is 668. The third-order valence-electron chi connectivity index (χ3n) is 2.86. The molecule has 5 heteroatoms. The summed E-state index contributed by atoms with van der Waals surface area (Å²) in [4.78, 5) is 12.3. The monoisotopic (exact) mass is 288 g/mol. The maximum absolute atomic E-state index is 13.4. The zero-order valence-electron chi connectivity index (χ0n) is 10.8. The third kappa shape index (κ3) is 3.19. The Balaban J connectivity index is 2.15. The molecule has 0 aliphatic carbocycles. The number of nitrogens with two attached hydrogens (primary N) is 1. The van der Waals surface area contributed by atoms with Crippen LogP contribution in [0.3, 0.4) is 0 Å². The molecule has 0 aliphatic rings. The number of amides is 1. The standard InChI is InChI=1S/C15H13FN2OS/c1-9-2-7-12(8-13(9)16)18-15(19)11-5-3-10(4-6-11)14(17)20/h2-8H,1H3,(H2,17,20)(H,18,19). The van der Waals surface area contributed by atoms with Gasteiger partial charge in [-0.15, -0.1) is 0 Å². The van der Waals surface area contributed by atoms with Crippen molar-refractivity contribution < 1.29 is 9.18 Å². The van der Waals surface area contributed by atoms with Gasteiger partial charge in [0.2, 0.25) is 0 Å². The van der Waals surface area contributed by atoms with Crippen molar-refractivity contribution in [2.24, 2.45) is 5.73 Å². The van der Waals surface area contributed by atoms with Gasteiger partial charge in [-0.3, -0.25) is 4.79 Å². The Morgan fingerprint density at radius 2 is 1.75 bits per heavy atom. The van der Waals surface area contributed by atoms with Gasteiger partial charge >= 0.3 is 0 Å². The molecule has 0 saturated carbocycles. The SMILES string of the molecule is Cc1ccc(NC(=O)c2ccc(C(N)=S)cc2)cc1F. The van der Waals surface area contributed by atoms with Gasteiger partial charge < -0.3 is 11.1 Å². The number of hydrogen-bond donors (Lipinski definition) is 2. The molecule has 0 saturated heterocycles. The Hall–Kier alpha value is -2.27. The third-order valence-corrected chi connectivity index (χ3v) is 3.10. The fourth-order valence-corrected chi connectivity index (χ4v) is 1.80. The molecule has 102 valence electrons. The molecule has 0 unspecified atom stereocenters. The van der Waals surface area contributed by atoms with Crippen LogP contribution in [0.25, 0.3) is 0 Å². The van der Waals surface area contributed by atoms with Gasteiger partial charge in [0.1, 0.15) is 10.8 Å². The van der Waals surface area contributed by atoms with Gasteiger partial charge in [0.05, 0.1) is 0 Å². The smallest absolute Gasteiger partial charge is 0.255 e. The molecule has 2 rings (SSSR count). The number of thiocarbonyl (C=S) groups is 1. The van der Waals surface area contributed by atoms with Gasteiger partial charge in [-0.05, 0) is 36.8 Å². The molecule has 2 aromatic carbocycles. The van der Waals surface area contributed by atoms with Crippen LogP contribution in [0.1, 0.15) is 21.5 Å². The normalized spacial score (nSPS) is 10.1. The lowest BCUT2D eigenvalue weighted by Gasteiger charge is -2.07. The predicted molar refractivity (Wildman–Crippen MR) is 81.4 cm³/mol. The van der Waals surface area contributed by atoms with Gasteiger partial charge in [0.25, 0.3) is 5.91 Å². The summed E-state index contributed by atoms with van der Waals surface area (Å²) in [5.74, 6) is -0.672. The number of benzene rings is 2. The van der Waals surface area contributed by atoms with Gasteiger partial charge in [-0.2, -0.15) is 0 Å². The second-order valence-electron chi connectivity index (χ2n) is 4.36. The van der Waals surface area contributed by atoms with Crippen LogP contribution in [0.5, 0.6) is 0 Å². The van der Waals surface area contributed by atoms with Crippen LogP contribution in [0.15, 0.2) is 42.5 Å². The molecule has 3 nitrogen and oxygen atoms in total. The van der Waals surface area contributed by atoms with Crippen LogP contribution in [0.4, 0.5) is 10.1 Å². The van der Waals surface area contributed by atoms with Crippen LogP contribution < -0.4 is 11.1 Å². The summed E-state index contributed by atoms with van der Waals surface area (Å²) >= 11 is 4.84. The number of hydrogen-bond acceptors (Lipinski definition) is 2. The van der Waals surface area contributed by atoms with Crippen LogP contribution in [0.2, 0.25) is 0 Å². The van der Waals surface area contributed by atoms with E-state index in [1.165, 1.54) is 6.07 Å². The highest BCUT2D eigenvalue weighted by Crippen LogP contribution is 2.15. The predicted octanol–water partition coefficient (Wildman–Crippen LogP) is 3.02. The number of carbonyl (C=O) groups is 1. The van der Waals surface area contributed by atoms with Crippen LogP contribution in [-0.2, 0) is 0 Å². The molecule has 3 N–H and O–H groups in total. The van der Waals surface area contributed by atoms with E-state index in [1.807, 2.05) is 0 Å². The van der Waals surface area contributed by atoms with Crippen molar-refractivity contribution in [1.82, 2.24) is 0 Å². The second kappa shape index (κ2) is 5.79. The van der Waals surface area contributed by atoms with Crippen molar-refractivity contribution in [3.8, 4) is 0 Å². The van der Waals surface area contributed by atoms with E-state index >= 15 is 0 Å². The zero-order valence-corrected chi connectivity index (χ0v) is 11.6. The number of aryl methyl sites for hydroxylation is 1. The Morgan fingerprint density at radius 1 is 1.15 bits per heavy atom. The summed E-state index contributed by atoms with van der Waals surface area (Å²) in [6.45, 7) is 1.66. The summed E-state index contributed by atoms with van der Waals surface area (Å²) in [6.07, 6.45) is 0. The molecule has 0 atom stereocenters. The first kappa shape index (κ1) is 14.1. The van der Waals surface area contributed by atoms with Crippen molar-refractivity contribution in [2.75, 3.05) is 5.32 Å². The molecular weight excluding hydrogens is 275 g/mol. The molecule has 0 aliphatic heterocycles. The highest BCUT2D eigenvalue weighted by molar-refractivity contribution is 7.80. The molecular formula is C15H13FN2OS. The highest BCUT2D eigenvalue weighted by atomic mass is 32.1. The Kier molecular flexibility index (Phi) is 4.10. The number of carbonyl (C=O) groups excluding carboxylic acids is 1. The second-order valence-corrected chi connectivity index (χ2v) is 4.80. The van der Waals surface area contributed by atoms with Crippen molar-refractivity contribution in [1.29, 1.82) is 0 Å². The van der Waals surface area contributed by atoms with Crippen LogP contribution >= 0.6 is 12.2 Å². The molecule has 1 amide bonds. The number of nitrogens with one attached hydrogen (secondary N) is 1. The first-order valence-corrected chi connectivity index (χ1v) is 6.35. The average Bonchev–Trinajstić information content (AvgIpc) is 2.43. The average molecular weight is 288 g/mol. The lowest BCUT2D eigenvalue weighted by atomic mass is 10.1. The maximum atomic E-state index is 13.4. The number of anilines is 1. The summed E-state index contributed by atoms with van der Waals surface area (Å²) in [5.41, 5.74) is 7.57. The molecule has 20 heavy (non-hydrogen) atoms. The van der Waals surface area contributed by atoms with Crippen molar-refractivity contribution in [2.45, 2.75) is 6.92 Å². The van der Waals surface area contributed by atoms with E-state index in [4.69, 9.17) is 18.0 Å². The van der Waals surface area contributed by atoms with Crippen molar-refractivity contribution in [3.05, 3.63) is 65.0 Å². The van der Waals surface area contributed by atoms with Crippen molar-refractivity contribution in [3.63, 3.8) is 0 Å². The van der Waals surface area contributed by atoms with E-state index in [2.05, 4.69) is 5.32 Å². The molecule has 0 bridgehead atoms. The molecule has 0 fully saturated rings. The van der Waals surface area contributed by atoms with E-state index < -0.39 is 0 Å². The molecule has 0 aromatic heterocycles. The summed E-state index contributed by atoms with van der Waals surface area (Å²) in [7, 11) is 0. The van der Waals surface area contributed by atoms with Gasteiger partial charge in [-0.1, -0.05) is 30.4 Å². The molecule has 0 heterocycles. The lowest BCUT2D eigenvalue weighted by molar-refractivity contribution is 0.102. The van der Waals surface area contributed by atoms with Crippen molar-refractivity contribution >= 4 is 28.8 Å². The first-order valence-electron chi connectivity index (χ1n) is 5.95. The van der Waals surface area contributed by atoms with E-state index in [-0.39, 0.29) is 16.7 Å². The number of rotatable bonds is 3. The Morgan fingerprint density at radius 3 is 2.30 bits per heavy atom. The van der Waals surface area contributed by atoms with Gasteiger partial charge in [-0.25, -0.2) is 4.39 Å². The zero-order chi connectivity index (χ0) is 14.7. The van der Waals surface area contributed by atoms with E-state index in [0.29, 0.717) is 22.4 Å². The lowest BCUT2D eigenvalue weighted by Crippen LogP contribution is -2.13. The van der Waals surface area contributed by atoms with Gasteiger partial charge in [0.15, 0.2) is 0 Å². The maximum Gasteiger partial charge on any atom is 0.255 e.